The van der Waals surface area contributed by atoms with E-state index in [0.717, 1.165) is 11.3 Å². The molecular weight excluding hydrogens is 297 g/mol. The second-order valence-corrected chi connectivity index (χ2v) is 5.23. The summed E-state index contributed by atoms with van der Waals surface area (Å²) in [5.74, 6) is -1.03. The van der Waals surface area contributed by atoms with Crippen LogP contribution in [0.1, 0.15) is 15.9 Å². The van der Waals surface area contributed by atoms with Gasteiger partial charge in [0.25, 0.3) is 0 Å². The number of anilines is 1. The molecule has 0 aliphatic heterocycles. The molecule has 0 saturated carbocycles. The lowest BCUT2D eigenvalue weighted by atomic mass is 10.1. The van der Waals surface area contributed by atoms with Crippen LogP contribution in [0.25, 0.3) is 0 Å². The lowest BCUT2D eigenvalue weighted by Crippen LogP contribution is -2.16. The molecule has 2 aromatic carbocycles. The third-order valence-electron chi connectivity index (χ3n) is 2.99. The highest BCUT2D eigenvalue weighted by molar-refractivity contribution is 6.33. The van der Waals surface area contributed by atoms with Crippen LogP contribution in [0.5, 0.6) is 0 Å². The van der Waals surface area contributed by atoms with Gasteiger partial charge in [0.2, 0.25) is 0 Å². The van der Waals surface area contributed by atoms with E-state index >= 15 is 0 Å². The minimum Gasteiger partial charge on any atom is -0.478 e. The lowest BCUT2D eigenvalue weighted by Gasteiger charge is -2.20. The smallest absolute Gasteiger partial charge is 0.337 e. The number of carboxylic acid groups (broad SMARTS) is 1. The quantitative estimate of drug-likeness (QED) is 0.914. The number of hydrogen-bond acceptors (Lipinski definition) is 2. The van der Waals surface area contributed by atoms with Gasteiger partial charge in [0.15, 0.2) is 0 Å². The number of hydrogen-bond donors (Lipinski definition) is 1. The molecule has 0 aliphatic rings. The van der Waals surface area contributed by atoms with Crippen molar-refractivity contribution in [3.63, 3.8) is 0 Å². The van der Waals surface area contributed by atoms with Crippen LogP contribution < -0.4 is 4.90 Å². The summed E-state index contributed by atoms with van der Waals surface area (Å²) >= 11 is 12.1. The molecule has 0 aromatic heterocycles. The first-order chi connectivity index (χ1) is 9.49. The van der Waals surface area contributed by atoms with Gasteiger partial charge in [-0.1, -0.05) is 41.4 Å². The van der Waals surface area contributed by atoms with E-state index in [4.69, 9.17) is 28.3 Å². The van der Waals surface area contributed by atoms with Crippen molar-refractivity contribution in [2.24, 2.45) is 0 Å². The van der Waals surface area contributed by atoms with E-state index in [2.05, 4.69) is 0 Å². The second-order valence-electron chi connectivity index (χ2n) is 4.42. The summed E-state index contributed by atoms with van der Waals surface area (Å²) in [6.45, 7) is 0.614. The summed E-state index contributed by atoms with van der Waals surface area (Å²) in [4.78, 5) is 12.9. The van der Waals surface area contributed by atoms with Gasteiger partial charge in [0.1, 0.15) is 0 Å². The Labute approximate surface area is 127 Å². The van der Waals surface area contributed by atoms with Crippen molar-refractivity contribution in [3.8, 4) is 0 Å². The maximum Gasteiger partial charge on any atom is 0.337 e. The minimum absolute atomic E-state index is 0.0987. The fraction of sp³-hybridized carbons (Fsp3) is 0.133. The maximum atomic E-state index is 10.9. The number of halogens is 2. The summed E-state index contributed by atoms with van der Waals surface area (Å²) in [5, 5.41) is 9.88. The molecule has 104 valence electrons. The first-order valence-corrected chi connectivity index (χ1v) is 6.72. The van der Waals surface area contributed by atoms with Crippen molar-refractivity contribution in [2.75, 3.05) is 11.9 Å². The van der Waals surface area contributed by atoms with Crippen LogP contribution in [0.2, 0.25) is 10.0 Å². The Morgan fingerprint density at radius 3 is 2.45 bits per heavy atom. The van der Waals surface area contributed by atoms with Crippen LogP contribution in [0.4, 0.5) is 5.69 Å². The normalized spacial score (nSPS) is 10.3. The Morgan fingerprint density at radius 1 is 1.15 bits per heavy atom. The van der Waals surface area contributed by atoms with Crippen molar-refractivity contribution in [3.05, 3.63) is 63.6 Å². The summed E-state index contributed by atoms with van der Waals surface area (Å²) in [7, 11) is 1.90. The molecule has 20 heavy (non-hydrogen) atoms. The lowest BCUT2D eigenvalue weighted by molar-refractivity contribution is 0.0697. The molecule has 0 amide bonds. The SMILES string of the molecule is CN(Cc1ccccc1Cl)c1ccc(C(=O)O)c(Cl)c1. The molecule has 2 rings (SSSR count). The highest BCUT2D eigenvalue weighted by Gasteiger charge is 2.11. The zero-order valence-electron chi connectivity index (χ0n) is 10.8. The zero-order chi connectivity index (χ0) is 14.7. The highest BCUT2D eigenvalue weighted by Crippen LogP contribution is 2.25. The van der Waals surface area contributed by atoms with Crippen LogP contribution in [0.15, 0.2) is 42.5 Å². The minimum atomic E-state index is -1.03. The van der Waals surface area contributed by atoms with Crippen LogP contribution in [0.3, 0.4) is 0 Å². The van der Waals surface area contributed by atoms with Crippen molar-refractivity contribution in [2.45, 2.75) is 6.54 Å². The maximum absolute atomic E-state index is 10.9. The predicted molar refractivity (Wildman–Crippen MR) is 82.0 cm³/mol. The van der Waals surface area contributed by atoms with E-state index in [1.165, 1.54) is 6.07 Å². The average Bonchev–Trinajstić information content (AvgIpc) is 2.40. The fourth-order valence-electron chi connectivity index (χ4n) is 1.89. The number of nitrogens with zero attached hydrogens (tertiary/aromatic N) is 1. The zero-order valence-corrected chi connectivity index (χ0v) is 12.3. The van der Waals surface area contributed by atoms with E-state index in [-0.39, 0.29) is 10.6 Å². The van der Waals surface area contributed by atoms with Crippen LogP contribution >= 0.6 is 23.2 Å². The Morgan fingerprint density at radius 2 is 1.85 bits per heavy atom. The van der Waals surface area contributed by atoms with Gasteiger partial charge in [0, 0.05) is 24.3 Å². The van der Waals surface area contributed by atoms with Crippen molar-refractivity contribution in [1.82, 2.24) is 0 Å². The van der Waals surface area contributed by atoms with E-state index in [0.29, 0.717) is 11.6 Å². The Balaban J connectivity index is 2.22. The molecule has 1 N–H and O–H groups in total. The molecule has 0 bridgehead atoms. The molecule has 2 aromatic rings. The molecule has 0 aliphatic carbocycles. The molecule has 0 heterocycles. The van der Waals surface area contributed by atoms with Crippen LogP contribution in [-0.4, -0.2) is 18.1 Å². The van der Waals surface area contributed by atoms with Crippen molar-refractivity contribution < 1.29 is 9.90 Å². The molecule has 0 spiro atoms. The number of benzene rings is 2. The van der Waals surface area contributed by atoms with Gasteiger partial charge in [-0.05, 0) is 29.8 Å². The number of rotatable bonds is 4. The largest absolute Gasteiger partial charge is 0.478 e. The molecule has 3 nitrogen and oxygen atoms in total. The number of carbonyl (C=O) groups is 1. The van der Waals surface area contributed by atoms with Gasteiger partial charge in [-0.3, -0.25) is 0 Å². The van der Waals surface area contributed by atoms with E-state index in [1.54, 1.807) is 12.1 Å². The summed E-state index contributed by atoms with van der Waals surface area (Å²) < 4.78 is 0. The van der Waals surface area contributed by atoms with Crippen molar-refractivity contribution in [1.29, 1.82) is 0 Å². The van der Waals surface area contributed by atoms with Gasteiger partial charge in [-0.2, -0.15) is 0 Å². The van der Waals surface area contributed by atoms with Gasteiger partial charge in [-0.25, -0.2) is 4.79 Å². The second kappa shape index (κ2) is 6.16. The van der Waals surface area contributed by atoms with E-state index in [1.807, 2.05) is 36.2 Å². The monoisotopic (exact) mass is 309 g/mol. The summed E-state index contributed by atoms with van der Waals surface area (Å²) in [6, 6.07) is 12.5. The van der Waals surface area contributed by atoms with Gasteiger partial charge in [0.05, 0.1) is 10.6 Å². The molecule has 0 atom stereocenters. The van der Waals surface area contributed by atoms with Crippen LogP contribution in [0, 0.1) is 0 Å². The van der Waals surface area contributed by atoms with E-state index < -0.39 is 5.97 Å². The first kappa shape index (κ1) is 14.7. The molecular formula is C15H13Cl2NO2. The highest BCUT2D eigenvalue weighted by atomic mass is 35.5. The predicted octanol–water partition coefficient (Wildman–Crippen LogP) is 4.33. The fourth-order valence-corrected chi connectivity index (χ4v) is 2.34. The first-order valence-electron chi connectivity index (χ1n) is 5.96. The third kappa shape index (κ3) is 3.24. The Bertz CT molecular complexity index is 644. The average molecular weight is 310 g/mol. The Hall–Kier alpha value is -1.71. The van der Waals surface area contributed by atoms with Gasteiger partial charge in [-0.15, -0.1) is 0 Å². The molecule has 5 heteroatoms. The summed E-state index contributed by atoms with van der Waals surface area (Å²) in [6.07, 6.45) is 0. The Kier molecular flexibility index (Phi) is 4.53. The summed E-state index contributed by atoms with van der Waals surface area (Å²) in [5.41, 5.74) is 1.93. The molecule has 0 saturated heterocycles. The number of aromatic carboxylic acids is 1. The number of carboxylic acids is 1. The van der Waals surface area contributed by atoms with Crippen LogP contribution in [-0.2, 0) is 6.54 Å². The van der Waals surface area contributed by atoms with Crippen molar-refractivity contribution >= 4 is 34.9 Å². The van der Waals surface area contributed by atoms with E-state index in [9.17, 15) is 4.79 Å². The van der Waals surface area contributed by atoms with Gasteiger partial charge >= 0.3 is 5.97 Å². The van der Waals surface area contributed by atoms with Gasteiger partial charge < -0.3 is 10.0 Å². The molecule has 0 fully saturated rings. The standard InChI is InChI=1S/C15H13Cl2NO2/c1-18(9-10-4-2-3-5-13(10)16)11-6-7-12(15(19)20)14(17)8-11/h2-8H,9H2,1H3,(H,19,20). The molecule has 0 radical (unpaired) electrons. The molecule has 0 unspecified atom stereocenters. The topological polar surface area (TPSA) is 40.5 Å². The third-order valence-corrected chi connectivity index (χ3v) is 3.67.